The van der Waals surface area contributed by atoms with Crippen LogP contribution in [0.4, 0.5) is 4.39 Å². The Hall–Kier alpha value is -0.420. The van der Waals surface area contributed by atoms with Gasteiger partial charge >= 0.3 is 0 Å². The summed E-state index contributed by atoms with van der Waals surface area (Å²) in [6.45, 7) is 0.782. The van der Waals surface area contributed by atoms with Gasteiger partial charge in [0.15, 0.2) is 0 Å². The van der Waals surface area contributed by atoms with Crippen LogP contribution >= 0.6 is 31.9 Å². The van der Waals surface area contributed by atoms with Gasteiger partial charge in [0.1, 0.15) is 5.82 Å². The zero-order valence-corrected chi connectivity index (χ0v) is 13.7. The summed E-state index contributed by atoms with van der Waals surface area (Å²) in [7, 11) is 0. The summed E-state index contributed by atoms with van der Waals surface area (Å²) in [5.41, 5.74) is 0.543. The first-order valence-electron chi connectivity index (χ1n) is 6.45. The number of rotatable bonds is 2. The maximum atomic E-state index is 13.2. The second-order valence-corrected chi connectivity index (χ2v) is 6.29. The number of likely N-dealkylation sites (tertiary alicyclic amines) is 1. The van der Waals surface area contributed by atoms with E-state index in [0.717, 1.165) is 31.1 Å². The third-order valence-electron chi connectivity index (χ3n) is 3.48. The molecule has 5 heteroatoms. The molecule has 1 amide bonds. The molecule has 0 bridgehead atoms. The zero-order chi connectivity index (χ0) is 13.8. The number of alkyl halides is 1. The van der Waals surface area contributed by atoms with Crippen LogP contribution in [0, 0.1) is 5.82 Å². The molecular formula is C14H16Br2FNO. The van der Waals surface area contributed by atoms with Crippen molar-refractivity contribution in [3.05, 3.63) is 34.1 Å². The summed E-state index contributed by atoms with van der Waals surface area (Å²) in [6, 6.07) is 4.68. The van der Waals surface area contributed by atoms with Crippen LogP contribution in [0.2, 0.25) is 0 Å². The molecule has 1 saturated heterocycles. The molecule has 1 aromatic carbocycles. The summed E-state index contributed by atoms with van der Waals surface area (Å²) in [5, 5.41) is 0.793. The van der Waals surface area contributed by atoms with Crippen LogP contribution in [-0.4, -0.2) is 28.7 Å². The van der Waals surface area contributed by atoms with Gasteiger partial charge in [-0.15, -0.1) is 0 Å². The molecule has 1 atom stereocenters. The minimum atomic E-state index is -0.343. The number of amides is 1. The van der Waals surface area contributed by atoms with Crippen molar-refractivity contribution in [2.45, 2.75) is 31.7 Å². The molecule has 1 unspecified atom stereocenters. The Morgan fingerprint density at radius 3 is 2.84 bits per heavy atom. The van der Waals surface area contributed by atoms with Gasteiger partial charge in [-0.1, -0.05) is 28.8 Å². The topological polar surface area (TPSA) is 20.3 Å². The van der Waals surface area contributed by atoms with Crippen molar-refractivity contribution in [3.63, 3.8) is 0 Å². The van der Waals surface area contributed by atoms with Crippen molar-refractivity contribution >= 4 is 37.8 Å². The number of hydrogen-bond acceptors (Lipinski definition) is 1. The van der Waals surface area contributed by atoms with E-state index in [9.17, 15) is 9.18 Å². The highest BCUT2D eigenvalue weighted by Crippen LogP contribution is 2.23. The first kappa shape index (κ1) is 15.0. The summed E-state index contributed by atoms with van der Waals surface area (Å²) in [5.74, 6) is -0.350. The lowest BCUT2D eigenvalue weighted by molar-refractivity contribution is 0.0702. The average molecular weight is 393 g/mol. The van der Waals surface area contributed by atoms with E-state index in [1.165, 1.54) is 12.5 Å². The lowest BCUT2D eigenvalue weighted by Crippen LogP contribution is -2.41. The van der Waals surface area contributed by atoms with Gasteiger partial charge in [0.25, 0.3) is 5.91 Å². The average Bonchev–Trinajstić information content (AvgIpc) is 2.66. The molecule has 104 valence electrons. The number of hydrogen-bond donors (Lipinski definition) is 0. The predicted molar refractivity (Wildman–Crippen MR) is 81.2 cm³/mol. The molecular weight excluding hydrogens is 377 g/mol. The Morgan fingerprint density at radius 2 is 2.16 bits per heavy atom. The molecule has 0 radical (unpaired) electrons. The highest BCUT2D eigenvalue weighted by molar-refractivity contribution is 9.10. The van der Waals surface area contributed by atoms with Crippen molar-refractivity contribution in [2.75, 3.05) is 11.9 Å². The van der Waals surface area contributed by atoms with E-state index in [0.29, 0.717) is 10.0 Å². The number of halogens is 3. The molecule has 1 fully saturated rings. The lowest BCUT2D eigenvalue weighted by atomic mass is 10.1. The van der Waals surface area contributed by atoms with Crippen molar-refractivity contribution in [2.24, 2.45) is 0 Å². The van der Waals surface area contributed by atoms with E-state index in [1.54, 1.807) is 12.1 Å². The molecule has 0 saturated carbocycles. The van der Waals surface area contributed by atoms with Crippen molar-refractivity contribution in [3.8, 4) is 0 Å². The van der Waals surface area contributed by atoms with Gasteiger partial charge in [0.2, 0.25) is 0 Å². The second kappa shape index (κ2) is 6.84. The molecule has 1 heterocycles. The Morgan fingerprint density at radius 1 is 1.37 bits per heavy atom. The smallest absolute Gasteiger partial charge is 0.254 e. The minimum Gasteiger partial charge on any atom is -0.335 e. The molecule has 2 rings (SSSR count). The van der Waals surface area contributed by atoms with Crippen LogP contribution < -0.4 is 0 Å². The van der Waals surface area contributed by atoms with Crippen LogP contribution in [0.25, 0.3) is 0 Å². The van der Waals surface area contributed by atoms with Gasteiger partial charge in [0.05, 0.1) is 4.47 Å². The van der Waals surface area contributed by atoms with E-state index in [4.69, 9.17) is 0 Å². The molecule has 2 nitrogen and oxygen atoms in total. The summed E-state index contributed by atoms with van der Waals surface area (Å²) >= 11 is 6.62. The summed E-state index contributed by atoms with van der Waals surface area (Å²) in [4.78, 5) is 14.5. The molecule has 19 heavy (non-hydrogen) atoms. The first-order valence-corrected chi connectivity index (χ1v) is 8.37. The zero-order valence-electron chi connectivity index (χ0n) is 10.5. The van der Waals surface area contributed by atoms with Gasteiger partial charge in [0, 0.05) is 23.5 Å². The Bertz CT molecular complexity index is 467. The van der Waals surface area contributed by atoms with Crippen LogP contribution in [-0.2, 0) is 0 Å². The van der Waals surface area contributed by atoms with Crippen LogP contribution in [0.15, 0.2) is 22.7 Å². The largest absolute Gasteiger partial charge is 0.335 e. The Labute approximate surface area is 129 Å². The third kappa shape index (κ3) is 3.57. The molecule has 1 aliphatic rings. The van der Waals surface area contributed by atoms with Gasteiger partial charge < -0.3 is 4.90 Å². The first-order chi connectivity index (χ1) is 9.13. The summed E-state index contributed by atoms with van der Waals surface area (Å²) in [6.07, 6.45) is 4.39. The maximum absolute atomic E-state index is 13.2. The molecule has 0 N–H and O–H groups in total. The Kier molecular flexibility index (Phi) is 5.39. The van der Waals surface area contributed by atoms with E-state index >= 15 is 0 Å². The van der Waals surface area contributed by atoms with E-state index in [-0.39, 0.29) is 17.8 Å². The molecule has 1 aliphatic heterocycles. The van der Waals surface area contributed by atoms with Gasteiger partial charge in [-0.2, -0.15) is 0 Å². The molecule has 0 spiro atoms. The fourth-order valence-corrected chi connectivity index (χ4v) is 3.45. The highest BCUT2D eigenvalue weighted by atomic mass is 79.9. The SMILES string of the molecule is O=C(c1ccc(F)c(Br)c1)N1CCCCCC1CBr. The van der Waals surface area contributed by atoms with E-state index in [1.807, 2.05) is 4.90 Å². The maximum Gasteiger partial charge on any atom is 0.254 e. The number of nitrogens with zero attached hydrogens (tertiary/aromatic N) is 1. The van der Waals surface area contributed by atoms with E-state index in [2.05, 4.69) is 31.9 Å². The van der Waals surface area contributed by atoms with E-state index < -0.39 is 0 Å². The minimum absolute atomic E-state index is 0.00736. The number of benzene rings is 1. The van der Waals surface area contributed by atoms with Crippen LogP contribution in [0.5, 0.6) is 0 Å². The third-order valence-corrected chi connectivity index (χ3v) is 4.84. The monoisotopic (exact) mass is 391 g/mol. The lowest BCUT2D eigenvalue weighted by Gasteiger charge is -2.29. The van der Waals surface area contributed by atoms with Crippen molar-refractivity contribution < 1.29 is 9.18 Å². The van der Waals surface area contributed by atoms with Gasteiger partial charge in [-0.3, -0.25) is 4.79 Å². The fraction of sp³-hybridized carbons (Fsp3) is 0.500. The van der Waals surface area contributed by atoms with Crippen molar-refractivity contribution in [1.82, 2.24) is 4.90 Å². The fourth-order valence-electron chi connectivity index (χ4n) is 2.40. The van der Waals surface area contributed by atoms with Crippen LogP contribution in [0.3, 0.4) is 0 Å². The normalized spacial score (nSPS) is 20.2. The van der Waals surface area contributed by atoms with Gasteiger partial charge in [-0.25, -0.2) is 4.39 Å². The molecule has 0 aromatic heterocycles. The predicted octanol–water partition coefficient (Wildman–Crippen LogP) is 4.37. The second-order valence-electron chi connectivity index (χ2n) is 4.78. The van der Waals surface area contributed by atoms with Crippen molar-refractivity contribution in [1.29, 1.82) is 0 Å². The quantitative estimate of drug-likeness (QED) is 0.684. The highest BCUT2D eigenvalue weighted by Gasteiger charge is 2.25. The summed E-state index contributed by atoms with van der Waals surface area (Å²) < 4.78 is 13.6. The number of carbonyl (C=O) groups excluding carboxylic acids is 1. The van der Waals surface area contributed by atoms with Crippen LogP contribution in [0.1, 0.15) is 36.0 Å². The number of carbonyl (C=O) groups is 1. The molecule has 0 aliphatic carbocycles. The Balaban J connectivity index is 2.22. The van der Waals surface area contributed by atoms with Gasteiger partial charge in [-0.05, 0) is 47.0 Å². The standard InChI is InChI=1S/C14H16Br2FNO/c15-9-11-4-2-1-3-7-18(11)14(19)10-5-6-13(17)12(16)8-10/h5-6,8,11H,1-4,7,9H2. The molecule has 1 aromatic rings.